The average Bonchev–Trinajstić information content (AvgIpc) is 3.02. The second-order valence-electron chi connectivity index (χ2n) is 6.58. The van der Waals surface area contributed by atoms with Crippen molar-refractivity contribution in [2.75, 3.05) is 19.6 Å². The molecule has 0 radical (unpaired) electrons. The monoisotopic (exact) mass is 457 g/mol. The molecule has 31 heavy (non-hydrogen) atoms. The van der Waals surface area contributed by atoms with Crippen LogP contribution in [0, 0.1) is 0 Å². The van der Waals surface area contributed by atoms with Crippen LogP contribution in [0.2, 0.25) is 5.02 Å². The number of hydrogen-bond acceptors (Lipinski definition) is 5. The summed E-state index contributed by atoms with van der Waals surface area (Å²) in [6.07, 6.45) is 1.73. The van der Waals surface area contributed by atoms with Gasteiger partial charge in [-0.2, -0.15) is 0 Å². The highest BCUT2D eigenvalue weighted by atomic mass is 35.5. The Kier molecular flexibility index (Phi) is 7.86. The number of halogens is 1. The van der Waals surface area contributed by atoms with E-state index in [-0.39, 0.29) is 49.0 Å². The molecule has 0 unspecified atom stereocenters. The fourth-order valence-corrected chi connectivity index (χ4v) is 3.91. The minimum absolute atomic E-state index is 0.0615. The van der Waals surface area contributed by atoms with Gasteiger partial charge in [-0.25, -0.2) is 0 Å². The van der Waals surface area contributed by atoms with Gasteiger partial charge in [-0.3, -0.25) is 24.1 Å². The molecule has 0 atom stereocenters. The van der Waals surface area contributed by atoms with E-state index in [1.807, 2.05) is 30.3 Å². The quantitative estimate of drug-likeness (QED) is 0.593. The molecule has 3 rings (SSSR count). The molecule has 1 saturated heterocycles. The summed E-state index contributed by atoms with van der Waals surface area (Å²) in [7, 11) is 0. The molecule has 0 aromatic heterocycles. The van der Waals surface area contributed by atoms with Crippen LogP contribution in [0.3, 0.4) is 0 Å². The van der Waals surface area contributed by atoms with E-state index >= 15 is 0 Å². The number of rotatable bonds is 8. The summed E-state index contributed by atoms with van der Waals surface area (Å²) in [6.45, 7) is 0.347. The van der Waals surface area contributed by atoms with Gasteiger partial charge in [-0.1, -0.05) is 54.1 Å². The summed E-state index contributed by atoms with van der Waals surface area (Å²) in [6, 6.07) is 15.9. The van der Waals surface area contributed by atoms with Crippen molar-refractivity contribution >= 4 is 52.4 Å². The number of benzene rings is 2. The lowest BCUT2D eigenvalue weighted by Gasteiger charge is -2.13. The second-order valence-corrected chi connectivity index (χ2v) is 7.98. The third-order valence-electron chi connectivity index (χ3n) is 4.38. The van der Waals surface area contributed by atoms with Gasteiger partial charge in [0, 0.05) is 26.1 Å². The van der Waals surface area contributed by atoms with Crippen molar-refractivity contribution in [2.45, 2.75) is 6.42 Å². The van der Waals surface area contributed by atoms with Crippen LogP contribution in [0.4, 0.5) is 4.79 Å². The zero-order chi connectivity index (χ0) is 22.2. The van der Waals surface area contributed by atoms with Crippen LogP contribution in [-0.4, -0.2) is 47.5 Å². The van der Waals surface area contributed by atoms with Crippen molar-refractivity contribution in [3.8, 4) is 0 Å². The Hall–Kier alpha value is -3.10. The van der Waals surface area contributed by atoms with E-state index in [4.69, 9.17) is 11.6 Å². The van der Waals surface area contributed by atoms with Crippen LogP contribution >= 0.6 is 23.4 Å². The normalized spacial score (nSPS) is 14.7. The van der Waals surface area contributed by atoms with Gasteiger partial charge in [0.15, 0.2) is 0 Å². The maximum atomic E-state index is 12.5. The lowest BCUT2D eigenvalue weighted by atomic mass is 10.2. The molecule has 1 aliphatic heterocycles. The predicted octanol–water partition coefficient (Wildman–Crippen LogP) is 3.31. The van der Waals surface area contributed by atoms with Gasteiger partial charge in [-0.15, -0.1) is 0 Å². The average molecular weight is 458 g/mol. The zero-order valence-corrected chi connectivity index (χ0v) is 18.0. The molecule has 4 amide bonds. The molecule has 0 bridgehead atoms. The Morgan fingerprint density at radius 3 is 2.42 bits per heavy atom. The van der Waals surface area contributed by atoms with Crippen LogP contribution in [-0.2, 0) is 9.59 Å². The van der Waals surface area contributed by atoms with Gasteiger partial charge < -0.3 is 10.6 Å². The first-order chi connectivity index (χ1) is 15.0. The molecular weight excluding hydrogens is 438 g/mol. The molecule has 0 spiro atoms. The minimum atomic E-state index is -0.375. The zero-order valence-electron chi connectivity index (χ0n) is 16.5. The van der Waals surface area contributed by atoms with E-state index in [0.29, 0.717) is 15.5 Å². The van der Waals surface area contributed by atoms with Crippen LogP contribution in [0.1, 0.15) is 22.3 Å². The van der Waals surface area contributed by atoms with E-state index in [1.54, 1.807) is 30.3 Å². The van der Waals surface area contributed by atoms with E-state index in [0.717, 1.165) is 22.2 Å². The Labute approximate surface area is 188 Å². The SMILES string of the molecule is O=C(CCNC(=O)c1ccccc1Cl)NCCN1C(=O)S/C(=C\c2ccccc2)C1=O. The molecule has 2 aromatic carbocycles. The highest BCUT2D eigenvalue weighted by molar-refractivity contribution is 8.18. The number of carbonyl (C=O) groups excluding carboxylic acids is 4. The number of nitrogens with one attached hydrogen (secondary N) is 2. The van der Waals surface area contributed by atoms with Crippen LogP contribution < -0.4 is 10.6 Å². The lowest BCUT2D eigenvalue weighted by molar-refractivity contribution is -0.124. The molecule has 160 valence electrons. The highest BCUT2D eigenvalue weighted by Crippen LogP contribution is 2.31. The van der Waals surface area contributed by atoms with Crippen LogP contribution in [0.5, 0.6) is 0 Å². The van der Waals surface area contributed by atoms with Gasteiger partial charge in [0.25, 0.3) is 17.1 Å². The summed E-state index contributed by atoms with van der Waals surface area (Å²) in [5.41, 5.74) is 1.17. The van der Waals surface area contributed by atoms with E-state index in [2.05, 4.69) is 10.6 Å². The molecule has 1 fully saturated rings. The smallest absolute Gasteiger partial charge is 0.293 e. The van der Waals surface area contributed by atoms with Crippen molar-refractivity contribution in [1.82, 2.24) is 15.5 Å². The molecule has 7 nitrogen and oxygen atoms in total. The molecule has 0 aliphatic carbocycles. The molecular formula is C22H20ClN3O4S. The first kappa shape index (κ1) is 22.6. The summed E-state index contributed by atoms with van der Waals surface area (Å²) >= 11 is 6.84. The largest absolute Gasteiger partial charge is 0.354 e. The minimum Gasteiger partial charge on any atom is -0.354 e. The maximum absolute atomic E-state index is 12.5. The maximum Gasteiger partial charge on any atom is 0.293 e. The number of carbonyl (C=O) groups is 4. The Balaban J connectivity index is 1.40. The molecule has 1 heterocycles. The van der Waals surface area contributed by atoms with Crippen LogP contribution in [0.25, 0.3) is 6.08 Å². The Morgan fingerprint density at radius 1 is 0.968 bits per heavy atom. The number of hydrogen-bond donors (Lipinski definition) is 2. The Bertz CT molecular complexity index is 1030. The van der Waals surface area contributed by atoms with E-state index < -0.39 is 0 Å². The molecule has 9 heteroatoms. The van der Waals surface area contributed by atoms with Crippen LogP contribution in [0.15, 0.2) is 59.5 Å². The lowest BCUT2D eigenvalue weighted by Crippen LogP contribution is -2.38. The highest BCUT2D eigenvalue weighted by Gasteiger charge is 2.34. The van der Waals surface area contributed by atoms with Gasteiger partial charge in [0.2, 0.25) is 5.91 Å². The summed E-state index contributed by atoms with van der Waals surface area (Å²) in [4.78, 5) is 50.1. The fourth-order valence-electron chi connectivity index (χ4n) is 2.82. The topological polar surface area (TPSA) is 95.6 Å². The third kappa shape index (κ3) is 6.19. The van der Waals surface area contributed by atoms with Crippen molar-refractivity contribution in [1.29, 1.82) is 0 Å². The van der Waals surface area contributed by atoms with E-state index in [1.165, 1.54) is 0 Å². The standard InChI is InChI=1S/C22H20ClN3O4S/c23-17-9-5-4-8-16(17)20(28)25-11-10-19(27)24-12-13-26-21(29)18(31-22(26)30)14-15-6-2-1-3-7-15/h1-9,14H,10-13H2,(H,24,27)(H,25,28)/b18-14-. The van der Waals surface area contributed by atoms with E-state index in [9.17, 15) is 19.2 Å². The molecule has 2 N–H and O–H groups in total. The number of amides is 4. The Morgan fingerprint density at radius 2 is 1.68 bits per heavy atom. The predicted molar refractivity (Wildman–Crippen MR) is 121 cm³/mol. The van der Waals surface area contributed by atoms with Gasteiger partial charge >= 0.3 is 0 Å². The van der Waals surface area contributed by atoms with Crippen molar-refractivity contribution in [3.05, 3.63) is 75.7 Å². The van der Waals surface area contributed by atoms with Gasteiger partial charge in [-0.05, 0) is 35.5 Å². The number of nitrogens with zero attached hydrogens (tertiary/aromatic N) is 1. The molecule has 1 aliphatic rings. The van der Waals surface area contributed by atoms with Gasteiger partial charge in [0.05, 0.1) is 15.5 Å². The van der Waals surface area contributed by atoms with Crippen molar-refractivity contribution in [3.63, 3.8) is 0 Å². The molecule has 2 aromatic rings. The molecule has 0 saturated carbocycles. The van der Waals surface area contributed by atoms with Crippen molar-refractivity contribution < 1.29 is 19.2 Å². The summed E-state index contributed by atoms with van der Waals surface area (Å²) in [5, 5.41) is 5.25. The summed E-state index contributed by atoms with van der Waals surface area (Å²) in [5.74, 6) is -1.03. The summed E-state index contributed by atoms with van der Waals surface area (Å²) < 4.78 is 0. The van der Waals surface area contributed by atoms with Crippen molar-refractivity contribution in [2.24, 2.45) is 0 Å². The first-order valence-electron chi connectivity index (χ1n) is 9.55. The second kappa shape index (κ2) is 10.8. The first-order valence-corrected chi connectivity index (χ1v) is 10.7. The third-order valence-corrected chi connectivity index (χ3v) is 5.62. The van der Waals surface area contributed by atoms with Gasteiger partial charge in [0.1, 0.15) is 0 Å². The fraction of sp³-hybridized carbons (Fsp3) is 0.182. The number of thioether (sulfide) groups is 1. The number of imide groups is 1.